The van der Waals surface area contributed by atoms with Crippen molar-refractivity contribution in [3.8, 4) is 0 Å². The van der Waals surface area contributed by atoms with E-state index >= 15 is 0 Å². The lowest BCUT2D eigenvalue weighted by atomic mass is 10.2. The molecule has 1 saturated heterocycles. The quantitative estimate of drug-likeness (QED) is 0.511. The van der Waals surface area contributed by atoms with Crippen molar-refractivity contribution in [3.05, 3.63) is 96.6 Å². The maximum absolute atomic E-state index is 6.45. The zero-order valence-electron chi connectivity index (χ0n) is 17.2. The van der Waals surface area contributed by atoms with Crippen LogP contribution in [-0.2, 0) is 16.1 Å². The summed E-state index contributed by atoms with van der Waals surface area (Å²) in [6.07, 6.45) is 2.75. The Hall–Kier alpha value is -2.20. The van der Waals surface area contributed by atoms with Gasteiger partial charge in [0.15, 0.2) is 0 Å². The van der Waals surface area contributed by atoms with Crippen LogP contribution in [0.1, 0.15) is 18.4 Å². The number of hydrogen-bond donors (Lipinski definition) is 0. The third kappa shape index (κ3) is 5.05. The Labute approximate surface area is 175 Å². The average molecular weight is 403 g/mol. The highest BCUT2D eigenvalue weighted by molar-refractivity contribution is 7.01. The van der Waals surface area contributed by atoms with Crippen LogP contribution in [0.25, 0.3) is 0 Å². The minimum atomic E-state index is -1.85. The summed E-state index contributed by atoms with van der Waals surface area (Å²) in [6.45, 7) is 3.83. The van der Waals surface area contributed by atoms with Crippen LogP contribution in [0.5, 0.6) is 0 Å². The number of rotatable bonds is 8. The lowest BCUT2D eigenvalue weighted by Crippen LogP contribution is -2.57. The predicted octanol–water partition coefficient (Wildman–Crippen LogP) is 4.64. The highest BCUT2D eigenvalue weighted by Gasteiger charge is 2.37. The molecule has 29 heavy (non-hydrogen) atoms. The molecule has 1 heterocycles. The van der Waals surface area contributed by atoms with E-state index in [0.29, 0.717) is 19.3 Å². The molecule has 0 aliphatic carbocycles. The van der Waals surface area contributed by atoms with Crippen LogP contribution in [0.3, 0.4) is 0 Å². The van der Waals surface area contributed by atoms with Gasteiger partial charge in [0.1, 0.15) is 8.07 Å². The molecular formula is C26H30O2Si. The topological polar surface area (TPSA) is 18.5 Å². The first kappa shape index (κ1) is 20.1. The van der Waals surface area contributed by atoms with Crippen molar-refractivity contribution in [1.29, 1.82) is 0 Å². The maximum Gasteiger partial charge on any atom is 0.117 e. The molecule has 0 amide bonds. The van der Waals surface area contributed by atoms with E-state index in [-0.39, 0.29) is 6.10 Å². The lowest BCUT2D eigenvalue weighted by Gasteiger charge is -2.31. The average Bonchev–Trinajstić information content (AvgIpc) is 3.22. The van der Waals surface area contributed by atoms with Crippen LogP contribution in [0, 0.1) is 0 Å². The van der Waals surface area contributed by atoms with Gasteiger partial charge in [0, 0.05) is 0 Å². The van der Waals surface area contributed by atoms with E-state index in [1.165, 1.54) is 15.9 Å². The van der Waals surface area contributed by atoms with Gasteiger partial charge in [-0.3, -0.25) is 0 Å². The summed E-state index contributed by atoms with van der Waals surface area (Å²) >= 11 is 0. The molecule has 4 rings (SSSR count). The second kappa shape index (κ2) is 9.53. The molecule has 3 aromatic carbocycles. The van der Waals surface area contributed by atoms with Gasteiger partial charge in [0.2, 0.25) is 0 Å². The standard InChI is InChI=1S/C26H30O2Si/c1-29(25-13-7-3-8-14-25,26-15-9-4-10-16-26)21-24-18-17-23(28-24)20-27-19-22-11-5-2-6-12-22/h2-16,23-24H,17-21H2,1H3/t23-,24+/m1/s1. The smallest absolute Gasteiger partial charge is 0.117 e. The molecule has 2 nitrogen and oxygen atoms in total. The van der Waals surface area contributed by atoms with Crippen LogP contribution < -0.4 is 10.4 Å². The van der Waals surface area contributed by atoms with E-state index in [4.69, 9.17) is 9.47 Å². The Bertz CT molecular complexity index is 827. The van der Waals surface area contributed by atoms with Gasteiger partial charge in [-0.25, -0.2) is 0 Å². The van der Waals surface area contributed by atoms with E-state index in [1.54, 1.807) is 0 Å². The summed E-state index contributed by atoms with van der Waals surface area (Å²) in [5.41, 5.74) is 1.22. The first-order valence-electron chi connectivity index (χ1n) is 10.6. The molecule has 0 bridgehead atoms. The molecule has 0 spiro atoms. The SMILES string of the molecule is C[Si](C[C@@H]1CC[C@H](COCc2ccccc2)O1)(c1ccccc1)c1ccccc1. The summed E-state index contributed by atoms with van der Waals surface area (Å²) in [4.78, 5) is 0. The predicted molar refractivity (Wildman–Crippen MR) is 123 cm³/mol. The fourth-order valence-corrected chi connectivity index (χ4v) is 8.28. The minimum absolute atomic E-state index is 0.216. The molecule has 1 fully saturated rings. The van der Waals surface area contributed by atoms with Crippen LogP contribution in [0.4, 0.5) is 0 Å². The van der Waals surface area contributed by atoms with Gasteiger partial charge in [-0.05, 0) is 24.4 Å². The normalized spacial score (nSPS) is 19.3. The van der Waals surface area contributed by atoms with Crippen molar-refractivity contribution >= 4 is 18.4 Å². The molecule has 3 aromatic rings. The first-order chi connectivity index (χ1) is 14.2. The van der Waals surface area contributed by atoms with Gasteiger partial charge in [0.05, 0.1) is 25.4 Å². The first-order valence-corrected chi connectivity index (χ1v) is 13.3. The van der Waals surface area contributed by atoms with Crippen molar-refractivity contribution in [2.24, 2.45) is 0 Å². The Morgan fingerprint density at radius 1 is 0.759 bits per heavy atom. The molecular weight excluding hydrogens is 372 g/mol. The zero-order chi connectivity index (χ0) is 19.9. The zero-order valence-corrected chi connectivity index (χ0v) is 18.2. The molecule has 3 heteroatoms. The van der Waals surface area contributed by atoms with Crippen molar-refractivity contribution in [2.75, 3.05) is 6.61 Å². The Kier molecular flexibility index (Phi) is 6.60. The molecule has 1 aliphatic heterocycles. The fraction of sp³-hybridized carbons (Fsp3) is 0.308. The molecule has 0 N–H and O–H groups in total. The van der Waals surface area contributed by atoms with Gasteiger partial charge < -0.3 is 9.47 Å². The van der Waals surface area contributed by atoms with Crippen molar-refractivity contribution in [1.82, 2.24) is 0 Å². The van der Waals surface area contributed by atoms with E-state index in [9.17, 15) is 0 Å². The molecule has 1 aliphatic rings. The second-order valence-electron chi connectivity index (χ2n) is 8.23. The molecule has 0 unspecified atom stereocenters. The van der Waals surface area contributed by atoms with E-state index in [0.717, 1.165) is 18.9 Å². The molecule has 150 valence electrons. The second-order valence-corrected chi connectivity index (χ2v) is 12.5. The fourth-order valence-electron chi connectivity index (χ4n) is 4.41. The third-order valence-electron chi connectivity index (χ3n) is 6.07. The van der Waals surface area contributed by atoms with Gasteiger partial charge in [0.25, 0.3) is 0 Å². The third-order valence-corrected chi connectivity index (χ3v) is 10.6. The van der Waals surface area contributed by atoms with Crippen molar-refractivity contribution in [3.63, 3.8) is 0 Å². The van der Waals surface area contributed by atoms with Crippen LogP contribution >= 0.6 is 0 Å². The monoisotopic (exact) mass is 402 g/mol. The minimum Gasteiger partial charge on any atom is -0.374 e. The molecule has 0 radical (unpaired) electrons. The number of hydrogen-bond acceptors (Lipinski definition) is 2. The summed E-state index contributed by atoms with van der Waals surface area (Å²) < 4.78 is 12.4. The van der Waals surface area contributed by atoms with E-state index < -0.39 is 8.07 Å². The molecule has 0 saturated carbocycles. The van der Waals surface area contributed by atoms with Crippen LogP contribution in [-0.4, -0.2) is 26.9 Å². The Morgan fingerprint density at radius 2 is 1.28 bits per heavy atom. The van der Waals surface area contributed by atoms with Crippen LogP contribution in [0.2, 0.25) is 12.6 Å². The lowest BCUT2D eigenvalue weighted by molar-refractivity contribution is -0.0144. The van der Waals surface area contributed by atoms with Crippen LogP contribution in [0.15, 0.2) is 91.0 Å². The van der Waals surface area contributed by atoms with Gasteiger partial charge in [-0.15, -0.1) is 0 Å². The highest BCUT2D eigenvalue weighted by Crippen LogP contribution is 2.27. The number of benzene rings is 3. The maximum atomic E-state index is 6.45. The molecule has 2 atom stereocenters. The molecule has 0 aromatic heterocycles. The van der Waals surface area contributed by atoms with Gasteiger partial charge in [-0.1, -0.05) is 108 Å². The van der Waals surface area contributed by atoms with E-state index in [2.05, 4.69) is 91.5 Å². The Balaban J connectivity index is 1.39. The summed E-state index contributed by atoms with van der Waals surface area (Å²) in [5, 5.41) is 2.97. The van der Waals surface area contributed by atoms with Gasteiger partial charge in [-0.2, -0.15) is 0 Å². The number of ether oxygens (including phenoxy) is 2. The van der Waals surface area contributed by atoms with Crippen molar-refractivity contribution in [2.45, 2.75) is 44.2 Å². The summed E-state index contributed by atoms with van der Waals surface area (Å²) in [5.74, 6) is 0. The largest absolute Gasteiger partial charge is 0.374 e. The summed E-state index contributed by atoms with van der Waals surface area (Å²) in [6, 6.07) is 33.6. The summed E-state index contributed by atoms with van der Waals surface area (Å²) in [7, 11) is -1.85. The highest BCUT2D eigenvalue weighted by atomic mass is 28.3. The van der Waals surface area contributed by atoms with Crippen molar-refractivity contribution < 1.29 is 9.47 Å². The van der Waals surface area contributed by atoms with Gasteiger partial charge >= 0.3 is 0 Å². The van der Waals surface area contributed by atoms with E-state index in [1.807, 2.05) is 6.07 Å². The Morgan fingerprint density at radius 3 is 1.86 bits per heavy atom.